The van der Waals surface area contributed by atoms with Gasteiger partial charge in [-0.2, -0.15) is 0 Å². The molecule has 1 saturated heterocycles. The Hall–Kier alpha value is -1.64. The van der Waals surface area contributed by atoms with Gasteiger partial charge in [-0.15, -0.1) is 10.2 Å². The maximum absolute atomic E-state index is 12.1. The number of likely N-dealkylation sites (tertiary alicyclic amines) is 1. The van der Waals surface area contributed by atoms with E-state index in [2.05, 4.69) is 32.7 Å². The predicted molar refractivity (Wildman–Crippen MR) is 104 cm³/mol. The highest BCUT2D eigenvalue weighted by Gasteiger charge is 2.19. The molecule has 0 saturated carbocycles. The van der Waals surface area contributed by atoms with Crippen LogP contribution in [0.3, 0.4) is 0 Å². The molecule has 0 aliphatic carbocycles. The number of nitrogens with zero attached hydrogens (tertiary/aromatic N) is 3. The van der Waals surface area contributed by atoms with Crippen LogP contribution in [0.25, 0.3) is 0 Å². The molecule has 1 amide bonds. The van der Waals surface area contributed by atoms with Crippen LogP contribution in [0.15, 0.2) is 34.7 Å². The third-order valence-corrected chi connectivity index (χ3v) is 6.13. The lowest BCUT2D eigenvalue weighted by molar-refractivity contribution is -0.119. The number of piperidine rings is 1. The molecule has 134 valence electrons. The van der Waals surface area contributed by atoms with E-state index in [1.807, 2.05) is 30.3 Å². The minimum atomic E-state index is 0.0766. The van der Waals surface area contributed by atoms with Crippen molar-refractivity contribution in [1.82, 2.24) is 20.4 Å². The first-order valence-corrected chi connectivity index (χ1v) is 10.3. The first kappa shape index (κ1) is 18.2. The maximum Gasteiger partial charge on any atom is 0.230 e. The lowest BCUT2D eigenvalue weighted by Gasteiger charge is -2.31. The van der Waals surface area contributed by atoms with E-state index < -0.39 is 0 Å². The number of anilines is 2. The maximum atomic E-state index is 12.1. The van der Waals surface area contributed by atoms with Crippen LogP contribution in [0, 0.1) is 0 Å². The molecule has 2 N–H and O–H groups in total. The summed E-state index contributed by atoms with van der Waals surface area (Å²) in [5.74, 6) is 0.459. The first-order chi connectivity index (χ1) is 12.2. The number of hydrogen-bond acceptors (Lipinski definition) is 7. The zero-order valence-corrected chi connectivity index (χ0v) is 15.9. The largest absolute Gasteiger partial charge is 0.353 e. The molecule has 0 unspecified atom stereocenters. The molecule has 1 aromatic carbocycles. The number of aromatic nitrogens is 2. The fourth-order valence-electron chi connectivity index (χ4n) is 2.75. The highest BCUT2D eigenvalue weighted by atomic mass is 32.2. The highest BCUT2D eigenvalue weighted by molar-refractivity contribution is 8.01. The second-order valence-electron chi connectivity index (χ2n) is 5.93. The van der Waals surface area contributed by atoms with E-state index in [4.69, 9.17) is 0 Å². The van der Waals surface area contributed by atoms with Crippen molar-refractivity contribution in [3.8, 4) is 0 Å². The molecule has 0 bridgehead atoms. The van der Waals surface area contributed by atoms with Crippen molar-refractivity contribution >= 4 is 39.8 Å². The average Bonchev–Trinajstić information content (AvgIpc) is 3.09. The van der Waals surface area contributed by atoms with Crippen LogP contribution in [0.1, 0.15) is 19.8 Å². The van der Waals surface area contributed by atoms with Gasteiger partial charge in [0.25, 0.3) is 0 Å². The average molecular weight is 378 g/mol. The van der Waals surface area contributed by atoms with Crippen LogP contribution in [-0.4, -0.2) is 52.4 Å². The van der Waals surface area contributed by atoms with Gasteiger partial charge in [0.05, 0.1) is 5.75 Å². The summed E-state index contributed by atoms with van der Waals surface area (Å²) in [5.41, 5.74) is 0.978. The molecular formula is C17H23N5OS2. The van der Waals surface area contributed by atoms with Gasteiger partial charge >= 0.3 is 0 Å². The van der Waals surface area contributed by atoms with Gasteiger partial charge in [0.2, 0.25) is 11.0 Å². The monoisotopic (exact) mass is 377 g/mol. The molecule has 6 nitrogen and oxygen atoms in total. The summed E-state index contributed by atoms with van der Waals surface area (Å²) in [4.78, 5) is 14.5. The highest BCUT2D eigenvalue weighted by Crippen LogP contribution is 2.27. The summed E-state index contributed by atoms with van der Waals surface area (Å²) in [6.45, 7) is 5.41. The second-order valence-corrected chi connectivity index (χ2v) is 8.13. The lowest BCUT2D eigenvalue weighted by Crippen LogP contribution is -2.45. The molecular weight excluding hydrogens is 354 g/mol. The minimum Gasteiger partial charge on any atom is -0.353 e. The SMILES string of the molecule is CCN1CCC(NC(=O)CSc2nnc(Nc3ccccc3)s2)CC1. The topological polar surface area (TPSA) is 70.2 Å². The standard InChI is InChI=1S/C17H23N5OS2/c1-2-22-10-8-14(9-11-22)18-15(23)12-24-17-21-20-16(25-17)19-13-6-4-3-5-7-13/h3-7,14H,2,8-12H2,1H3,(H,18,23)(H,19,20). The molecule has 0 spiro atoms. The zero-order chi connectivity index (χ0) is 17.5. The summed E-state index contributed by atoms with van der Waals surface area (Å²) in [6.07, 6.45) is 2.07. The molecule has 1 fully saturated rings. The van der Waals surface area contributed by atoms with Crippen LogP contribution >= 0.6 is 23.1 Å². The summed E-state index contributed by atoms with van der Waals surface area (Å²) in [7, 11) is 0. The van der Waals surface area contributed by atoms with Crippen LogP contribution in [-0.2, 0) is 4.79 Å². The Bertz CT molecular complexity index is 671. The Balaban J connectivity index is 1.40. The van der Waals surface area contributed by atoms with Gasteiger partial charge in [-0.1, -0.05) is 48.2 Å². The van der Waals surface area contributed by atoms with Gasteiger partial charge in [-0.05, 0) is 31.5 Å². The molecule has 1 aromatic heterocycles. The van der Waals surface area contributed by atoms with Crippen molar-refractivity contribution in [3.05, 3.63) is 30.3 Å². The van der Waals surface area contributed by atoms with Crippen molar-refractivity contribution < 1.29 is 4.79 Å². The molecule has 1 aliphatic rings. The molecule has 1 aliphatic heterocycles. The van der Waals surface area contributed by atoms with Crippen molar-refractivity contribution in [3.63, 3.8) is 0 Å². The number of rotatable bonds is 7. The molecule has 8 heteroatoms. The number of amides is 1. The van der Waals surface area contributed by atoms with Crippen molar-refractivity contribution in [2.24, 2.45) is 0 Å². The van der Waals surface area contributed by atoms with Crippen LogP contribution in [0.5, 0.6) is 0 Å². The number of thioether (sulfide) groups is 1. The Labute approximate surface area is 156 Å². The molecule has 25 heavy (non-hydrogen) atoms. The molecule has 0 atom stereocenters. The Kier molecular flexibility index (Phi) is 6.66. The van der Waals surface area contributed by atoms with E-state index in [0.29, 0.717) is 11.8 Å². The Morgan fingerprint density at radius 2 is 2.04 bits per heavy atom. The number of para-hydroxylation sites is 1. The van der Waals surface area contributed by atoms with Gasteiger partial charge in [0, 0.05) is 24.8 Å². The summed E-state index contributed by atoms with van der Waals surface area (Å²) >= 11 is 2.90. The molecule has 3 rings (SSSR count). The van der Waals surface area contributed by atoms with Gasteiger partial charge in [0.15, 0.2) is 4.34 Å². The fourth-order valence-corrected chi connectivity index (χ4v) is 4.34. The van der Waals surface area contributed by atoms with E-state index in [0.717, 1.165) is 47.6 Å². The van der Waals surface area contributed by atoms with Gasteiger partial charge < -0.3 is 15.5 Å². The molecule has 0 radical (unpaired) electrons. The van der Waals surface area contributed by atoms with Crippen LogP contribution < -0.4 is 10.6 Å². The number of carbonyl (C=O) groups excluding carboxylic acids is 1. The zero-order valence-electron chi connectivity index (χ0n) is 14.3. The summed E-state index contributed by atoms with van der Waals surface area (Å²) in [5, 5.41) is 15.3. The third kappa shape index (κ3) is 5.69. The number of carbonyl (C=O) groups is 1. The predicted octanol–water partition coefficient (Wildman–Crippen LogP) is 2.97. The van der Waals surface area contributed by atoms with Crippen LogP contribution in [0.4, 0.5) is 10.8 Å². The lowest BCUT2D eigenvalue weighted by atomic mass is 10.1. The number of nitrogens with one attached hydrogen (secondary N) is 2. The molecule has 2 heterocycles. The van der Waals surface area contributed by atoms with Crippen molar-refractivity contribution in [1.29, 1.82) is 0 Å². The smallest absolute Gasteiger partial charge is 0.230 e. The fraction of sp³-hybridized carbons (Fsp3) is 0.471. The minimum absolute atomic E-state index is 0.0766. The quantitative estimate of drug-likeness (QED) is 0.723. The Morgan fingerprint density at radius 1 is 1.28 bits per heavy atom. The molecule has 2 aromatic rings. The van der Waals surface area contributed by atoms with Crippen LogP contribution in [0.2, 0.25) is 0 Å². The number of benzene rings is 1. The third-order valence-electron chi connectivity index (χ3n) is 4.16. The summed E-state index contributed by atoms with van der Waals surface area (Å²) in [6, 6.07) is 10.2. The van der Waals surface area contributed by atoms with E-state index in [-0.39, 0.29) is 5.91 Å². The summed E-state index contributed by atoms with van der Waals surface area (Å²) < 4.78 is 0.800. The van der Waals surface area contributed by atoms with Crippen molar-refractivity contribution in [2.75, 3.05) is 30.7 Å². The van der Waals surface area contributed by atoms with Gasteiger partial charge in [0.1, 0.15) is 0 Å². The van der Waals surface area contributed by atoms with Gasteiger partial charge in [-0.25, -0.2) is 0 Å². The van der Waals surface area contributed by atoms with Gasteiger partial charge in [-0.3, -0.25) is 4.79 Å². The Morgan fingerprint density at radius 3 is 2.76 bits per heavy atom. The second kappa shape index (κ2) is 9.17. The van der Waals surface area contributed by atoms with Crippen molar-refractivity contribution in [2.45, 2.75) is 30.1 Å². The first-order valence-electron chi connectivity index (χ1n) is 8.53. The van der Waals surface area contributed by atoms with E-state index in [1.165, 1.54) is 23.1 Å². The van der Waals surface area contributed by atoms with E-state index in [1.54, 1.807) is 0 Å². The van der Waals surface area contributed by atoms with E-state index in [9.17, 15) is 4.79 Å². The number of hydrogen-bond donors (Lipinski definition) is 2. The normalized spacial score (nSPS) is 15.9. The van der Waals surface area contributed by atoms with E-state index >= 15 is 0 Å².